The maximum atomic E-state index is 15.2. The number of aliphatic hydroxyl groups is 28. The van der Waals surface area contributed by atoms with Gasteiger partial charge in [-0.1, -0.05) is 6.42 Å². The van der Waals surface area contributed by atoms with Gasteiger partial charge in [0.15, 0.2) is 0 Å². The molecular formula is C76H133N9O50. The third-order valence-electron chi connectivity index (χ3n) is 25.4. The summed E-state index contributed by atoms with van der Waals surface area (Å²) >= 11 is 0. The average Bonchev–Trinajstić information content (AvgIpc) is 0.753. The molecule has 7 fully saturated rings. The van der Waals surface area contributed by atoms with E-state index in [9.17, 15) is 167 Å². The lowest BCUT2D eigenvalue weighted by Crippen LogP contribution is -2.75. The fraction of sp³-hybridized carbons (Fsp3) is 0.895. The van der Waals surface area contributed by atoms with E-state index in [-0.39, 0.29) is 19.4 Å². The molecule has 59 heteroatoms. The van der Waals surface area contributed by atoms with E-state index < -0.39 is 392 Å². The van der Waals surface area contributed by atoms with Gasteiger partial charge in [-0.2, -0.15) is 0 Å². The van der Waals surface area contributed by atoms with Gasteiger partial charge in [-0.25, -0.2) is 0 Å². The van der Waals surface area contributed by atoms with Gasteiger partial charge >= 0.3 is 0 Å². The Bertz CT molecular complexity index is 3810. The molecule has 59 nitrogen and oxygen atoms in total. The van der Waals surface area contributed by atoms with Gasteiger partial charge in [-0.05, 0) is 12.8 Å². The Balaban J connectivity index is 1.13. The molecule has 7 aliphatic rings. The van der Waals surface area contributed by atoms with E-state index in [2.05, 4.69) is 37.2 Å². The van der Waals surface area contributed by atoms with Crippen molar-refractivity contribution in [1.29, 1.82) is 0 Å². The number of amides is 8. The second-order valence-corrected chi connectivity index (χ2v) is 34.0. The number of rotatable bonds is 47. The van der Waals surface area contributed by atoms with E-state index in [1.54, 1.807) is 0 Å². The Morgan fingerprint density at radius 2 is 0.452 bits per heavy atom. The lowest BCUT2D eigenvalue weighted by molar-refractivity contribution is -0.312. The van der Waals surface area contributed by atoms with Gasteiger partial charge in [-0.15, -0.1) is 0 Å². The van der Waals surface area contributed by atoms with Gasteiger partial charge in [0.2, 0.25) is 5.91 Å². The summed E-state index contributed by atoms with van der Waals surface area (Å²) in [5.41, 5.74) is 11.2. The number of nitrogens with two attached hydrogens (primary N) is 2. The van der Waals surface area contributed by atoms with Gasteiger partial charge < -0.3 is 258 Å². The molecule has 0 spiro atoms. The molecule has 0 aromatic heterocycles. The summed E-state index contributed by atoms with van der Waals surface area (Å²) in [6.45, 7) is -9.11. The highest BCUT2D eigenvalue weighted by atomic mass is 16.8. The zero-order valence-electron chi connectivity index (χ0n) is 74.3. The SMILES string of the molecule is CO[C@@]1(C(=O)N[C@H]2[C@H]([C@H](O)[C@H](O)CO)O[C@](OC)(C(=O)N[C@H]3[C@H]([C@H](O)[C@H](O)CO)O[C@](OC)(C(=O)N[C@H]4[C@H]([C@H](O)[C@H](O)CO)O[C@](OC)(C(=O)N[C@H]5[C@H]([C@H](O)[C@H](O)CO)O[C@](OC)(C(=O)N[C@H]6[C@H]([C@H](O)[C@H](O)CO)O[C@](OC)(C(=O)N[C@H]7[C@H]([C@H](O)[C@H](O)CO)O[C@](OC)(C(=O)NCCCCCC(N)=O)C[C@@H]7O)C[C@@H]6O)C[C@@H]5O)C[C@@H]4O)C[C@@H]3O)C[C@@H]2O)C[C@H](O)[C@@H](N)[C@H]([C@H](O)[C@H](O)CO)O1. The Kier molecular flexibility index (Phi) is 42.2. The number of carbonyl (C=O) groups excluding carboxylic acids is 8. The maximum absolute atomic E-state index is 15.2. The lowest BCUT2D eigenvalue weighted by Gasteiger charge is -2.51. The molecule has 7 heterocycles. The van der Waals surface area contributed by atoms with Crippen LogP contribution in [0.2, 0.25) is 0 Å². The summed E-state index contributed by atoms with van der Waals surface area (Å²) in [6, 6.07) is -14.6. The molecule has 39 N–H and O–H groups in total. The number of primary amides is 1. The van der Waals surface area contributed by atoms with E-state index >= 15 is 14.4 Å². The number of methoxy groups -OCH3 is 7. The normalized spacial score (nSPS) is 38.9. The Hall–Kier alpha value is -5.96. The first-order chi connectivity index (χ1) is 63.4. The van der Waals surface area contributed by atoms with Gasteiger partial charge in [0.25, 0.3) is 81.9 Å². The zero-order chi connectivity index (χ0) is 102. The van der Waals surface area contributed by atoms with E-state index in [1.807, 2.05) is 0 Å². The number of ether oxygens (including phenoxy) is 14. The van der Waals surface area contributed by atoms with E-state index in [1.165, 1.54) is 0 Å². The molecular weight excluding hydrogens is 1840 g/mol. The monoisotopic (exact) mass is 1970 g/mol. The van der Waals surface area contributed by atoms with Crippen molar-refractivity contribution in [2.24, 2.45) is 11.5 Å². The predicted octanol–water partition coefficient (Wildman–Crippen LogP) is -23.2. The number of hydrogen-bond donors (Lipinski definition) is 37. The van der Waals surface area contributed by atoms with Crippen LogP contribution in [0.1, 0.15) is 70.6 Å². The van der Waals surface area contributed by atoms with Crippen molar-refractivity contribution in [3.05, 3.63) is 0 Å². The molecule has 0 saturated carbocycles. The molecule has 42 atom stereocenters. The minimum absolute atomic E-state index is 0.0425. The first-order valence-corrected chi connectivity index (χ1v) is 42.7. The summed E-state index contributed by atoms with van der Waals surface area (Å²) in [7, 11) is 5.57. The van der Waals surface area contributed by atoms with Gasteiger partial charge in [0.05, 0.1) is 131 Å². The highest BCUT2D eigenvalue weighted by Gasteiger charge is 2.67. The van der Waals surface area contributed by atoms with Crippen molar-refractivity contribution in [3.63, 3.8) is 0 Å². The van der Waals surface area contributed by atoms with Gasteiger partial charge in [-0.3, -0.25) is 38.4 Å². The van der Waals surface area contributed by atoms with Crippen LogP contribution in [0, 0.1) is 0 Å². The molecule has 0 aliphatic carbocycles. The van der Waals surface area contributed by atoms with Crippen molar-refractivity contribution in [3.8, 4) is 0 Å². The molecule has 7 aliphatic heterocycles. The molecule has 0 aromatic rings. The molecule has 782 valence electrons. The molecule has 0 aromatic carbocycles. The summed E-state index contributed by atoms with van der Waals surface area (Å²) in [5.74, 6) is -32.0. The Morgan fingerprint density at radius 1 is 0.281 bits per heavy atom. The van der Waals surface area contributed by atoms with Crippen LogP contribution in [-0.2, 0) is 105 Å². The smallest absolute Gasteiger partial charge is 0.280 e. The molecule has 0 radical (unpaired) electrons. The molecule has 7 saturated heterocycles. The fourth-order valence-corrected chi connectivity index (χ4v) is 17.2. The quantitative estimate of drug-likeness (QED) is 0.0252. The van der Waals surface area contributed by atoms with Crippen LogP contribution in [0.15, 0.2) is 0 Å². The highest BCUT2D eigenvalue weighted by Crippen LogP contribution is 2.44. The standard InChI is InChI=1S/C76H133N9O50/c1-122-70(63(115)79-12-10-8-9-11-41(77)107)14-28(94)43(57(130-70)50(109)35(101)21-87)81-65(117)72(124-3)16-30(96)45(59(132-72)52(111)37(103)23-89)83-67(119)74(126-5)18-32(98)47(61(134-74)54(113)39(105)25-91)85-69(121)76(128-7)19-33(99)48(62(135-76)55(114)40(106)26-92)84-68(120)75(127-6)17-31(97)46(60(133-75)53(112)38(104)24-90)82-66(118)73(125-4)15-29(95)44(58(131-73)51(110)36(102)22-88)80-64(116)71(123-2)13-27(93)42(78)56(129-71)49(108)34(100)20-86/h27-40,42-62,86-106,108-114H,8-26,78H2,1-7H3,(H2,77,107)(H,79,115)(H,80,116)(H,81,117)(H,82,118)(H,83,119)(H,84,120)(H,85,121)/t27-,28-,29-,30-,31-,32-,33-,34+,35+,36+,37+,38+,39+,40+,42+,43+,44+,45+,46+,47+,48+,49+,50+,51+,52+,53+,54+,55+,56+,57+,58+,59+,60+,61+,62+,70-,71-,72-,73-,74-,75-,76-/m0/s1. The second-order valence-electron chi connectivity index (χ2n) is 34.0. The zero-order valence-corrected chi connectivity index (χ0v) is 74.3. The van der Waals surface area contributed by atoms with Crippen molar-refractivity contribution in [2.45, 2.75) is 324 Å². The molecule has 0 unspecified atom stereocenters. The minimum Gasteiger partial charge on any atom is -0.394 e. The van der Waals surface area contributed by atoms with Crippen molar-refractivity contribution in [1.82, 2.24) is 37.2 Å². The largest absolute Gasteiger partial charge is 0.394 e. The maximum Gasteiger partial charge on any atom is 0.280 e. The first-order valence-electron chi connectivity index (χ1n) is 42.7. The molecule has 0 bridgehead atoms. The second kappa shape index (κ2) is 49.2. The van der Waals surface area contributed by atoms with Gasteiger partial charge in [0, 0.05) is 108 Å². The van der Waals surface area contributed by atoms with Crippen LogP contribution >= 0.6 is 0 Å². The number of unbranched alkanes of at least 4 members (excludes halogenated alkanes) is 2. The van der Waals surface area contributed by atoms with Crippen LogP contribution in [0.3, 0.4) is 0 Å². The number of carbonyl (C=O) groups is 8. The molecule has 7 rings (SSSR count). The van der Waals surface area contributed by atoms with Crippen LogP contribution < -0.4 is 48.7 Å². The van der Waals surface area contributed by atoms with E-state index in [0.29, 0.717) is 12.8 Å². The number of hydrogen-bond acceptors (Lipinski definition) is 51. The number of nitrogens with one attached hydrogen (secondary N) is 7. The third kappa shape index (κ3) is 24.9. The first kappa shape index (κ1) is 116. The summed E-state index contributed by atoms with van der Waals surface area (Å²) < 4.78 is 80.1. The van der Waals surface area contributed by atoms with Crippen LogP contribution in [-0.4, -0.2) is 547 Å². The molecule has 135 heavy (non-hydrogen) atoms. The third-order valence-corrected chi connectivity index (χ3v) is 25.4. The van der Waals surface area contributed by atoms with E-state index in [4.69, 9.17) is 77.8 Å². The lowest BCUT2D eigenvalue weighted by atomic mass is 9.85. The Labute approximate surface area is 768 Å². The van der Waals surface area contributed by atoms with Crippen LogP contribution in [0.5, 0.6) is 0 Å². The summed E-state index contributed by atoms with van der Waals surface area (Å²) in [4.78, 5) is 114. The van der Waals surface area contributed by atoms with Gasteiger partial charge in [0.1, 0.15) is 128 Å². The fourth-order valence-electron chi connectivity index (χ4n) is 17.2. The number of aliphatic hydroxyl groups excluding tert-OH is 28. The van der Waals surface area contributed by atoms with Crippen LogP contribution in [0.4, 0.5) is 0 Å². The summed E-state index contributed by atoms with van der Waals surface area (Å²) in [5, 5.41) is 326. The van der Waals surface area contributed by atoms with E-state index in [0.717, 1.165) is 49.8 Å². The van der Waals surface area contributed by atoms with Crippen molar-refractivity contribution >= 4 is 47.3 Å². The minimum atomic E-state index is -3.15. The van der Waals surface area contributed by atoms with Crippen molar-refractivity contribution < 1.29 is 248 Å². The van der Waals surface area contributed by atoms with Crippen LogP contribution in [0.25, 0.3) is 0 Å². The average molecular weight is 1970 g/mol. The predicted molar refractivity (Wildman–Crippen MR) is 431 cm³/mol. The molecule has 8 amide bonds. The summed E-state index contributed by atoms with van der Waals surface area (Å²) in [6.07, 6.45) is -71.7. The van der Waals surface area contributed by atoms with Crippen molar-refractivity contribution in [2.75, 3.05) is 103 Å². The Morgan fingerprint density at radius 3 is 0.630 bits per heavy atom. The highest BCUT2D eigenvalue weighted by molar-refractivity contribution is 5.89. The topological polar surface area (TPSA) is 968 Å².